The zero-order valence-electron chi connectivity index (χ0n) is 15.2. The Morgan fingerprint density at radius 3 is 3.23 bits per heavy atom. The number of thiophene rings is 1. The van der Waals surface area contributed by atoms with Gasteiger partial charge in [0, 0.05) is 37.9 Å². The maximum atomic E-state index is 11.7. The molecule has 4 atom stereocenters. The summed E-state index contributed by atoms with van der Waals surface area (Å²) in [7, 11) is 0. The van der Waals surface area contributed by atoms with Crippen LogP contribution < -0.4 is 10.2 Å². The molecule has 2 bridgehead atoms. The van der Waals surface area contributed by atoms with E-state index in [0.717, 1.165) is 54.3 Å². The monoisotopic (exact) mass is 372 g/mol. The van der Waals surface area contributed by atoms with Crippen molar-refractivity contribution in [1.29, 1.82) is 0 Å². The highest BCUT2D eigenvalue weighted by molar-refractivity contribution is 7.17. The average molecular weight is 372 g/mol. The van der Waals surface area contributed by atoms with Crippen LogP contribution in [0.4, 0.5) is 5.82 Å². The molecule has 1 N–H and O–H groups in total. The summed E-state index contributed by atoms with van der Waals surface area (Å²) in [6, 6.07) is 2.07. The number of ether oxygens (including phenoxy) is 1. The molecule has 1 amide bonds. The van der Waals surface area contributed by atoms with Gasteiger partial charge in [-0.05, 0) is 31.2 Å². The molecule has 1 spiro atoms. The van der Waals surface area contributed by atoms with E-state index >= 15 is 0 Å². The molecule has 3 saturated heterocycles. The Bertz CT molecular complexity index is 868. The van der Waals surface area contributed by atoms with Crippen LogP contribution in [0.2, 0.25) is 0 Å². The van der Waals surface area contributed by atoms with E-state index in [1.54, 1.807) is 11.3 Å². The van der Waals surface area contributed by atoms with Crippen LogP contribution in [-0.2, 0) is 9.53 Å². The lowest BCUT2D eigenvalue weighted by Crippen LogP contribution is -2.41. The Balaban J connectivity index is 1.43. The summed E-state index contributed by atoms with van der Waals surface area (Å²) in [5, 5.41) is 5.18. The number of nitrogens with zero attached hydrogens (tertiary/aromatic N) is 3. The Labute approximate surface area is 157 Å². The Morgan fingerprint density at radius 2 is 2.38 bits per heavy atom. The molecule has 26 heavy (non-hydrogen) atoms. The second-order valence-electron chi connectivity index (χ2n) is 7.80. The molecule has 5 rings (SSSR count). The second-order valence-corrected chi connectivity index (χ2v) is 8.71. The standard InChI is InChI=1S/C19H24N4O2S/c1-3-16(24)20-8-12-13-9-23(10-19(13)6-4-15(12)25-19)18-17-14(5-7-26-17)21-11(2)22-18/h5,7,12-13,15H,3-4,6,8-10H2,1-2H3,(H,20,24)/t12-,13+,15+,19+/m0/s1. The summed E-state index contributed by atoms with van der Waals surface area (Å²) in [4.78, 5) is 23.5. The summed E-state index contributed by atoms with van der Waals surface area (Å²) in [6.07, 6.45) is 3.06. The summed E-state index contributed by atoms with van der Waals surface area (Å²) < 4.78 is 7.67. The molecule has 5 heterocycles. The van der Waals surface area contributed by atoms with Crippen LogP contribution in [0, 0.1) is 18.8 Å². The van der Waals surface area contributed by atoms with Crippen LogP contribution >= 0.6 is 11.3 Å². The van der Waals surface area contributed by atoms with Gasteiger partial charge in [-0.3, -0.25) is 4.79 Å². The van der Waals surface area contributed by atoms with Crippen LogP contribution in [0.25, 0.3) is 10.2 Å². The molecule has 3 aliphatic rings. The number of carbonyl (C=O) groups is 1. The first-order valence-corrected chi connectivity index (χ1v) is 10.4. The minimum atomic E-state index is -0.0608. The Kier molecular flexibility index (Phi) is 3.72. The Morgan fingerprint density at radius 1 is 1.50 bits per heavy atom. The largest absolute Gasteiger partial charge is 0.369 e. The van der Waals surface area contributed by atoms with Crippen LogP contribution in [0.3, 0.4) is 0 Å². The van der Waals surface area contributed by atoms with Crippen molar-refractivity contribution in [3.63, 3.8) is 0 Å². The van der Waals surface area contributed by atoms with E-state index in [-0.39, 0.29) is 11.5 Å². The summed E-state index contributed by atoms with van der Waals surface area (Å²) >= 11 is 1.71. The first-order valence-electron chi connectivity index (χ1n) is 9.51. The van der Waals surface area contributed by atoms with Gasteiger partial charge in [-0.25, -0.2) is 9.97 Å². The molecule has 0 saturated carbocycles. The number of rotatable bonds is 4. The molecule has 0 aliphatic carbocycles. The van der Waals surface area contributed by atoms with Gasteiger partial charge >= 0.3 is 0 Å². The number of amides is 1. The van der Waals surface area contributed by atoms with Crippen LogP contribution in [-0.4, -0.2) is 47.2 Å². The molecule has 2 aromatic heterocycles. The highest BCUT2D eigenvalue weighted by atomic mass is 32.1. The first kappa shape index (κ1) is 16.4. The number of hydrogen-bond donors (Lipinski definition) is 1. The number of fused-ring (bicyclic) bond motifs is 2. The van der Waals surface area contributed by atoms with Crippen LogP contribution in [0.15, 0.2) is 11.4 Å². The molecule has 3 aliphatic heterocycles. The molecule has 0 radical (unpaired) electrons. The van der Waals surface area contributed by atoms with E-state index in [9.17, 15) is 4.79 Å². The first-order chi connectivity index (χ1) is 12.6. The van der Waals surface area contributed by atoms with Gasteiger partial charge < -0.3 is 15.0 Å². The Hall–Kier alpha value is -1.73. The third kappa shape index (κ3) is 2.36. The van der Waals surface area contributed by atoms with Gasteiger partial charge in [0.25, 0.3) is 0 Å². The topological polar surface area (TPSA) is 67.4 Å². The van der Waals surface area contributed by atoms with Gasteiger partial charge in [-0.15, -0.1) is 11.3 Å². The van der Waals surface area contributed by atoms with Crippen molar-refractivity contribution >= 4 is 33.3 Å². The molecule has 6 nitrogen and oxygen atoms in total. The highest BCUT2D eigenvalue weighted by Gasteiger charge is 2.63. The van der Waals surface area contributed by atoms with Crippen molar-refractivity contribution in [3.05, 3.63) is 17.3 Å². The van der Waals surface area contributed by atoms with Crippen molar-refractivity contribution in [2.75, 3.05) is 24.5 Å². The summed E-state index contributed by atoms with van der Waals surface area (Å²) in [5.74, 6) is 2.87. The van der Waals surface area contributed by atoms with Crippen LogP contribution in [0.1, 0.15) is 32.0 Å². The van der Waals surface area contributed by atoms with Crippen molar-refractivity contribution < 1.29 is 9.53 Å². The lowest BCUT2D eigenvalue weighted by Gasteiger charge is -2.29. The number of hydrogen-bond acceptors (Lipinski definition) is 6. The number of aromatic nitrogens is 2. The summed E-state index contributed by atoms with van der Waals surface area (Å²) in [5.41, 5.74) is 0.971. The maximum absolute atomic E-state index is 11.7. The SMILES string of the molecule is CCC(=O)NC[C@H]1[C@H]2CN(c3nc(C)nc4ccsc34)C[C@]23CC[C@H]1O3. The molecule has 7 heteroatoms. The average Bonchev–Trinajstić information content (AvgIpc) is 3.37. The van der Waals surface area contributed by atoms with Gasteiger partial charge in [0.2, 0.25) is 5.91 Å². The fraction of sp³-hybridized carbons (Fsp3) is 0.632. The summed E-state index contributed by atoms with van der Waals surface area (Å²) in [6.45, 7) is 6.44. The fourth-order valence-electron chi connectivity index (χ4n) is 5.16. The quantitative estimate of drug-likeness (QED) is 0.893. The molecular weight excluding hydrogens is 348 g/mol. The predicted molar refractivity (Wildman–Crippen MR) is 101 cm³/mol. The zero-order chi connectivity index (χ0) is 17.9. The van der Waals surface area contributed by atoms with Gasteiger partial charge in [0.15, 0.2) is 0 Å². The molecule has 2 aromatic rings. The third-order valence-electron chi connectivity index (χ3n) is 6.34. The van der Waals surface area contributed by atoms with Crippen LogP contribution in [0.5, 0.6) is 0 Å². The minimum Gasteiger partial charge on any atom is -0.369 e. The predicted octanol–water partition coefficient (Wildman–Crippen LogP) is 2.51. The number of anilines is 1. The smallest absolute Gasteiger partial charge is 0.219 e. The van der Waals surface area contributed by atoms with Gasteiger partial charge in [0.1, 0.15) is 11.6 Å². The van der Waals surface area contributed by atoms with E-state index in [1.807, 2.05) is 13.8 Å². The molecule has 0 unspecified atom stereocenters. The molecule has 0 aromatic carbocycles. The van der Waals surface area contributed by atoms with E-state index < -0.39 is 0 Å². The van der Waals surface area contributed by atoms with E-state index in [1.165, 1.54) is 0 Å². The second kappa shape index (κ2) is 5.89. The maximum Gasteiger partial charge on any atom is 0.219 e. The normalized spacial score (nSPS) is 32.4. The lowest BCUT2D eigenvalue weighted by atomic mass is 9.73. The molecular formula is C19H24N4O2S. The van der Waals surface area contributed by atoms with Gasteiger partial charge in [-0.2, -0.15) is 0 Å². The zero-order valence-corrected chi connectivity index (χ0v) is 16.0. The van der Waals surface area contributed by atoms with E-state index in [0.29, 0.717) is 24.4 Å². The number of carbonyl (C=O) groups excluding carboxylic acids is 1. The number of nitrogens with one attached hydrogen (secondary N) is 1. The lowest BCUT2D eigenvalue weighted by molar-refractivity contribution is -0.121. The molecule has 3 fully saturated rings. The number of aryl methyl sites for hydroxylation is 1. The third-order valence-corrected chi connectivity index (χ3v) is 7.24. The van der Waals surface area contributed by atoms with E-state index in [2.05, 4.69) is 26.6 Å². The van der Waals surface area contributed by atoms with Crippen molar-refractivity contribution in [1.82, 2.24) is 15.3 Å². The molecule has 138 valence electrons. The van der Waals surface area contributed by atoms with E-state index in [4.69, 9.17) is 9.72 Å². The fourth-order valence-corrected chi connectivity index (χ4v) is 6.00. The minimum absolute atomic E-state index is 0.0608. The van der Waals surface area contributed by atoms with Gasteiger partial charge in [-0.1, -0.05) is 6.92 Å². The van der Waals surface area contributed by atoms with Gasteiger partial charge in [0.05, 0.1) is 21.9 Å². The van der Waals surface area contributed by atoms with Crippen molar-refractivity contribution in [2.45, 2.75) is 44.8 Å². The van der Waals surface area contributed by atoms with Crippen molar-refractivity contribution in [3.8, 4) is 0 Å². The van der Waals surface area contributed by atoms with Crippen molar-refractivity contribution in [2.24, 2.45) is 11.8 Å². The highest BCUT2D eigenvalue weighted by Crippen LogP contribution is 2.55.